The van der Waals surface area contributed by atoms with E-state index >= 15 is 0 Å². The van der Waals surface area contributed by atoms with Crippen LogP contribution in [0.15, 0.2) is 42.5 Å². The molecule has 25 heavy (non-hydrogen) atoms. The van der Waals surface area contributed by atoms with Crippen molar-refractivity contribution in [2.24, 2.45) is 0 Å². The maximum Gasteiger partial charge on any atom is 0.258 e. The number of rotatable bonds is 3. The zero-order valence-corrected chi connectivity index (χ0v) is 15.8. The summed E-state index contributed by atoms with van der Waals surface area (Å²) in [7, 11) is 0. The Morgan fingerprint density at radius 3 is 2.68 bits per heavy atom. The summed E-state index contributed by atoms with van der Waals surface area (Å²) in [6, 6.07) is 13.9. The molecule has 0 saturated carbocycles. The lowest BCUT2D eigenvalue weighted by atomic mass is 9.79. The molecule has 0 N–H and O–H groups in total. The number of aryl methyl sites for hydroxylation is 1. The molecule has 1 heterocycles. The smallest absolute Gasteiger partial charge is 0.258 e. The van der Waals surface area contributed by atoms with E-state index in [1.165, 1.54) is 5.56 Å². The monoisotopic (exact) mass is 337 g/mol. The van der Waals surface area contributed by atoms with Gasteiger partial charge >= 0.3 is 0 Å². The Morgan fingerprint density at radius 2 is 2.00 bits per heavy atom. The average Bonchev–Trinajstić information content (AvgIpc) is 2.55. The molecule has 1 atom stereocenters. The number of anilines is 1. The number of amides is 1. The molecule has 2 aromatic carbocycles. The quantitative estimate of drug-likeness (QED) is 0.758. The molecule has 0 aliphatic carbocycles. The van der Waals surface area contributed by atoms with Crippen molar-refractivity contribution in [2.45, 2.75) is 52.5 Å². The van der Waals surface area contributed by atoms with Crippen LogP contribution < -0.4 is 9.64 Å². The second-order valence-electron chi connectivity index (χ2n) is 7.58. The molecular formula is C22H27NO2. The van der Waals surface area contributed by atoms with Crippen molar-refractivity contribution in [1.82, 2.24) is 0 Å². The molecule has 3 heteroatoms. The normalized spacial score (nSPS) is 18.6. The number of carbonyl (C=O) groups is 1. The van der Waals surface area contributed by atoms with E-state index in [9.17, 15) is 4.79 Å². The number of fused-ring (bicyclic) bond motifs is 1. The van der Waals surface area contributed by atoms with Gasteiger partial charge in [-0.05, 0) is 75.9 Å². The first-order valence-corrected chi connectivity index (χ1v) is 9.01. The van der Waals surface area contributed by atoms with Crippen LogP contribution in [-0.4, -0.2) is 18.1 Å². The SMILES string of the molecule is CCOc1ccc2c(c1)C(C)CC(C)(C)N2C(=O)c1cccc(C)c1. The third-order valence-electron chi connectivity index (χ3n) is 4.96. The summed E-state index contributed by atoms with van der Waals surface area (Å²) in [6.07, 6.45) is 0.924. The van der Waals surface area contributed by atoms with Gasteiger partial charge in [0, 0.05) is 16.8 Å². The lowest BCUT2D eigenvalue weighted by Crippen LogP contribution is -2.51. The fourth-order valence-electron chi connectivity index (χ4n) is 3.96. The summed E-state index contributed by atoms with van der Waals surface area (Å²) in [5.41, 5.74) is 3.79. The minimum Gasteiger partial charge on any atom is -0.494 e. The average molecular weight is 337 g/mol. The van der Waals surface area contributed by atoms with Crippen molar-refractivity contribution in [3.63, 3.8) is 0 Å². The molecule has 1 amide bonds. The molecule has 1 unspecified atom stereocenters. The van der Waals surface area contributed by atoms with Gasteiger partial charge in [-0.15, -0.1) is 0 Å². The summed E-state index contributed by atoms with van der Waals surface area (Å²) in [6.45, 7) is 11.2. The first kappa shape index (κ1) is 17.5. The van der Waals surface area contributed by atoms with E-state index in [-0.39, 0.29) is 11.4 Å². The summed E-state index contributed by atoms with van der Waals surface area (Å²) in [5, 5.41) is 0. The fraction of sp³-hybridized carbons (Fsp3) is 0.409. The van der Waals surface area contributed by atoms with Gasteiger partial charge in [-0.2, -0.15) is 0 Å². The topological polar surface area (TPSA) is 29.5 Å². The Labute approximate surface area is 150 Å². The van der Waals surface area contributed by atoms with Gasteiger partial charge in [-0.1, -0.05) is 24.6 Å². The molecule has 0 saturated heterocycles. The third kappa shape index (κ3) is 3.28. The molecule has 0 spiro atoms. The van der Waals surface area contributed by atoms with Crippen LogP contribution in [0.1, 0.15) is 61.5 Å². The van der Waals surface area contributed by atoms with Crippen molar-refractivity contribution in [3.8, 4) is 5.75 Å². The van der Waals surface area contributed by atoms with Crippen LogP contribution in [0, 0.1) is 6.92 Å². The van der Waals surface area contributed by atoms with Gasteiger partial charge in [0.25, 0.3) is 5.91 Å². The van der Waals surface area contributed by atoms with Crippen LogP contribution in [0.4, 0.5) is 5.69 Å². The summed E-state index contributed by atoms with van der Waals surface area (Å²) < 4.78 is 5.66. The van der Waals surface area contributed by atoms with Crippen molar-refractivity contribution in [3.05, 3.63) is 59.2 Å². The zero-order chi connectivity index (χ0) is 18.2. The van der Waals surface area contributed by atoms with Gasteiger partial charge in [0.05, 0.1) is 6.61 Å². The minimum atomic E-state index is -0.236. The highest BCUT2D eigenvalue weighted by molar-refractivity contribution is 6.08. The lowest BCUT2D eigenvalue weighted by Gasteiger charge is -2.46. The molecule has 0 aromatic heterocycles. The zero-order valence-electron chi connectivity index (χ0n) is 15.8. The van der Waals surface area contributed by atoms with Crippen molar-refractivity contribution >= 4 is 11.6 Å². The van der Waals surface area contributed by atoms with Crippen LogP contribution in [0.3, 0.4) is 0 Å². The Bertz CT molecular complexity index is 794. The molecule has 0 radical (unpaired) electrons. The first-order valence-electron chi connectivity index (χ1n) is 9.01. The van der Waals surface area contributed by atoms with Crippen molar-refractivity contribution in [1.29, 1.82) is 0 Å². The standard InChI is InChI=1S/C22H27NO2/c1-6-25-18-10-11-20-19(13-18)16(3)14-22(4,5)23(20)21(24)17-9-7-8-15(2)12-17/h7-13,16H,6,14H2,1-5H3. The highest BCUT2D eigenvalue weighted by Crippen LogP contribution is 2.45. The van der Waals surface area contributed by atoms with Crippen LogP contribution in [0.25, 0.3) is 0 Å². The number of ether oxygens (including phenoxy) is 1. The van der Waals surface area contributed by atoms with E-state index < -0.39 is 0 Å². The van der Waals surface area contributed by atoms with Crippen molar-refractivity contribution in [2.75, 3.05) is 11.5 Å². The van der Waals surface area contributed by atoms with E-state index in [0.717, 1.165) is 29.0 Å². The van der Waals surface area contributed by atoms with E-state index in [0.29, 0.717) is 12.5 Å². The highest BCUT2D eigenvalue weighted by atomic mass is 16.5. The van der Waals surface area contributed by atoms with Crippen LogP contribution in [0.5, 0.6) is 5.75 Å². The highest BCUT2D eigenvalue weighted by Gasteiger charge is 2.40. The Balaban J connectivity index is 2.09. The van der Waals surface area contributed by atoms with Crippen LogP contribution >= 0.6 is 0 Å². The molecule has 0 fully saturated rings. The molecule has 1 aliphatic rings. The Kier molecular flexibility index (Phi) is 4.59. The summed E-state index contributed by atoms with van der Waals surface area (Å²) in [4.78, 5) is 15.3. The molecule has 1 aliphatic heterocycles. The predicted octanol–water partition coefficient (Wildman–Crippen LogP) is 5.33. The minimum absolute atomic E-state index is 0.0611. The Hall–Kier alpha value is -2.29. The largest absolute Gasteiger partial charge is 0.494 e. The van der Waals surface area contributed by atoms with Gasteiger partial charge in [0.15, 0.2) is 0 Å². The number of carbonyl (C=O) groups excluding carboxylic acids is 1. The van der Waals surface area contributed by atoms with E-state index in [1.54, 1.807) is 0 Å². The lowest BCUT2D eigenvalue weighted by molar-refractivity contribution is 0.0953. The van der Waals surface area contributed by atoms with Gasteiger partial charge in [-0.3, -0.25) is 4.79 Å². The second-order valence-corrected chi connectivity index (χ2v) is 7.58. The Morgan fingerprint density at radius 1 is 1.24 bits per heavy atom. The molecular weight excluding hydrogens is 310 g/mol. The van der Waals surface area contributed by atoms with Crippen molar-refractivity contribution < 1.29 is 9.53 Å². The number of benzene rings is 2. The first-order chi connectivity index (χ1) is 11.8. The van der Waals surface area contributed by atoms with Gasteiger partial charge in [0.1, 0.15) is 5.75 Å². The van der Waals surface area contributed by atoms with Crippen LogP contribution in [0.2, 0.25) is 0 Å². The van der Waals surface area contributed by atoms with Gasteiger partial charge in [0.2, 0.25) is 0 Å². The van der Waals surface area contributed by atoms with E-state index in [1.807, 2.05) is 55.1 Å². The molecule has 132 valence electrons. The number of hydrogen-bond donors (Lipinski definition) is 0. The van der Waals surface area contributed by atoms with E-state index in [2.05, 4.69) is 26.8 Å². The predicted molar refractivity (Wildman–Crippen MR) is 103 cm³/mol. The van der Waals surface area contributed by atoms with Gasteiger partial charge in [-0.25, -0.2) is 0 Å². The maximum absolute atomic E-state index is 13.3. The molecule has 2 aromatic rings. The van der Waals surface area contributed by atoms with Crippen LogP contribution in [-0.2, 0) is 0 Å². The number of nitrogens with zero attached hydrogens (tertiary/aromatic N) is 1. The molecule has 3 nitrogen and oxygen atoms in total. The second kappa shape index (κ2) is 6.55. The molecule has 0 bridgehead atoms. The third-order valence-corrected chi connectivity index (χ3v) is 4.96. The summed E-state index contributed by atoms with van der Waals surface area (Å²) >= 11 is 0. The van der Waals surface area contributed by atoms with Gasteiger partial charge < -0.3 is 9.64 Å². The summed E-state index contributed by atoms with van der Waals surface area (Å²) in [5.74, 6) is 1.31. The fourth-order valence-corrected chi connectivity index (χ4v) is 3.96. The maximum atomic E-state index is 13.3. The molecule has 3 rings (SSSR count). The van der Waals surface area contributed by atoms with E-state index in [4.69, 9.17) is 4.74 Å². The number of hydrogen-bond acceptors (Lipinski definition) is 2.